The van der Waals surface area contributed by atoms with Crippen LogP contribution in [0.15, 0.2) is 39.9 Å². The summed E-state index contributed by atoms with van der Waals surface area (Å²) >= 11 is 0. The van der Waals surface area contributed by atoms with Crippen LogP contribution in [-0.4, -0.2) is 24.0 Å². The molecule has 0 bridgehead atoms. The monoisotopic (exact) mass is 446 g/mol. The van der Waals surface area contributed by atoms with E-state index in [-0.39, 0.29) is 29.8 Å². The Balaban J connectivity index is 0.00000288. The summed E-state index contributed by atoms with van der Waals surface area (Å²) in [5.41, 5.74) is 7.36. The Hall–Kier alpha value is -1.64. The SMILES string of the molecule is CC(C)CCN=C(N)NCCc1coc(-c2ccc(F)cc2)n1.I. The average Bonchev–Trinajstić information content (AvgIpc) is 2.96. The molecule has 0 unspecified atom stereocenters. The molecular formula is C17H24FIN4O. The van der Waals surface area contributed by atoms with E-state index in [1.165, 1.54) is 12.1 Å². The molecule has 1 heterocycles. The molecule has 7 heteroatoms. The van der Waals surface area contributed by atoms with Crippen molar-refractivity contribution in [2.45, 2.75) is 26.7 Å². The van der Waals surface area contributed by atoms with Crippen molar-refractivity contribution in [2.24, 2.45) is 16.6 Å². The number of hydrogen-bond donors (Lipinski definition) is 2. The Morgan fingerprint density at radius 1 is 1.33 bits per heavy atom. The van der Waals surface area contributed by atoms with Gasteiger partial charge in [-0.2, -0.15) is 0 Å². The van der Waals surface area contributed by atoms with E-state index < -0.39 is 0 Å². The molecular weight excluding hydrogens is 422 g/mol. The van der Waals surface area contributed by atoms with Gasteiger partial charge >= 0.3 is 0 Å². The molecule has 0 saturated heterocycles. The summed E-state index contributed by atoms with van der Waals surface area (Å²) < 4.78 is 18.3. The first-order chi connectivity index (χ1) is 11.0. The predicted molar refractivity (Wildman–Crippen MR) is 105 cm³/mol. The first-order valence-electron chi connectivity index (χ1n) is 7.78. The van der Waals surface area contributed by atoms with Crippen LogP contribution in [0.5, 0.6) is 0 Å². The minimum absolute atomic E-state index is 0. The highest BCUT2D eigenvalue weighted by Crippen LogP contribution is 2.18. The molecule has 0 saturated carbocycles. The Kier molecular flexibility index (Phi) is 8.73. The van der Waals surface area contributed by atoms with Gasteiger partial charge in [0.25, 0.3) is 0 Å². The molecule has 2 aromatic rings. The first kappa shape index (κ1) is 20.4. The van der Waals surface area contributed by atoms with Crippen LogP contribution in [0.2, 0.25) is 0 Å². The molecule has 0 aliphatic heterocycles. The molecule has 0 aliphatic carbocycles. The van der Waals surface area contributed by atoms with Crippen LogP contribution < -0.4 is 11.1 Å². The van der Waals surface area contributed by atoms with Gasteiger partial charge < -0.3 is 15.5 Å². The van der Waals surface area contributed by atoms with Gasteiger partial charge in [-0.05, 0) is 36.6 Å². The van der Waals surface area contributed by atoms with Crippen LogP contribution in [0.25, 0.3) is 11.5 Å². The number of guanidine groups is 1. The number of nitrogens with one attached hydrogen (secondary N) is 1. The first-order valence-corrected chi connectivity index (χ1v) is 7.78. The van der Waals surface area contributed by atoms with Crippen LogP contribution in [0.4, 0.5) is 4.39 Å². The van der Waals surface area contributed by atoms with Crippen LogP contribution in [0.3, 0.4) is 0 Å². The van der Waals surface area contributed by atoms with E-state index in [0.29, 0.717) is 30.7 Å². The maximum absolute atomic E-state index is 12.9. The lowest BCUT2D eigenvalue weighted by molar-refractivity contribution is 0.571. The van der Waals surface area contributed by atoms with Crippen LogP contribution in [-0.2, 0) is 6.42 Å². The zero-order chi connectivity index (χ0) is 16.7. The maximum atomic E-state index is 12.9. The summed E-state index contributed by atoms with van der Waals surface area (Å²) in [5.74, 6) is 1.27. The van der Waals surface area contributed by atoms with Crippen LogP contribution >= 0.6 is 24.0 Å². The highest BCUT2D eigenvalue weighted by molar-refractivity contribution is 14.0. The van der Waals surface area contributed by atoms with Gasteiger partial charge in [0.1, 0.15) is 12.1 Å². The van der Waals surface area contributed by atoms with Gasteiger partial charge in [0.15, 0.2) is 5.96 Å². The van der Waals surface area contributed by atoms with E-state index in [1.807, 2.05) is 0 Å². The molecule has 5 nitrogen and oxygen atoms in total. The highest BCUT2D eigenvalue weighted by Gasteiger charge is 2.06. The molecule has 0 atom stereocenters. The lowest BCUT2D eigenvalue weighted by Crippen LogP contribution is -2.33. The van der Waals surface area contributed by atoms with Crippen molar-refractivity contribution in [3.05, 3.63) is 42.0 Å². The van der Waals surface area contributed by atoms with E-state index in [0.717, 1.165) is 24.2 Å². The summed E-state index contributed by atoms with van der Waals surface area (Å²) in [4.78, 5) is 8.64. The lowest BCUT2D eigenvalue weighted by atomic mass is 10.1. The van der Waals surface area contributed by atoms with Crippen LogP contribution in [0.1, 0.15) is 26.0 Å². The zero-order valence-corrected chi connectivity index (χ0v) is 16.3. The fourth-order valence-corrected chi connectivity index (χ4v) is 1.96. The van der Waals surface area contributed by atoms with Crippen molar-refractivity contribution in [3.8, 4) is 11.5 Å². The standard InChI is InChI=1S/C17H23FN4O.HI/c1-12(2)7-9-20-17(19)21-10-8-15-11-23-16(22-15)13-3-5-14(18)6-4-13;/h3-6,11-12H,7-10H2,1-2H3,(H3,19,20,21);1H. The van der Waals surface area contributed by atoms with Crippen molar-refractivity contribution in [1.82, 2.24) is 10.3 Å². The number of nitrogens with two attached hydrogens (primary N) is 1. The van der Waals surface area contributed by atoms with Gasteiger partial charge in [-0.25, -0.2) is 9.37 Å². The third-order valence-corrected chi connectivity index (χ3v) is 3.32. The third kappa shape index (κ3) is 6.86. The predicted octanol–water partition coefficient (Wildman–Crippen LogP) is 3.59. The number of nitrogens with zero attached hydrogens (tertiary/aromatic N) is 2. The van der Waals surface area contributed by atoms with Gasteiger partial charge in [0.2, 0.25) is 5.89 Å². The molecule has 24 heavy (non-hydrogen) atoms. The van der Waals surface area contributed by atoms with E-state index in [1.54, 1.807) is 18.4 Å². The third-order valence-electron chi connectivity index (χ3n) is 3.32. The number of rotatable bonds is 7. The molecule has 132 valence electrons. The topological polar surface area (TPSA) is 76.4 Å². The minimum atomic E-state index is -0.281. The summed E-state index contributed by atoms with van der Waals surface area (Å²) in [6.07, 6.45) is 3.30. The van der Waals surface area contributed by atoms with Crippen molar-refractivity contribution < 1.29 is 8.81 Å². The Bertz CT molecular complexity index is 640. The Labute approximate surface area is 159 Å². The molecule has 0 radical (unpaired) electrons. The highest BCUT2D eigenvalue weighted by atomic mass is 127. The molecule has 1 aromatic heterocycles. The minimum Gasteiger partial charge on any atom is -0.444 e. The van der Waals surface area contributed by atoms with E-state index in [2.05, 4.69) is 29.1 Å². The lowest BCUT2D eigenvalue weighted by Gasteiger charge is -2.05. The summed E-state index contributed by atoms with van der Waals surface area (Å²) in [6.45, 7) is 5.67. The number of benzene rings is 1. The molecule has 3 N–H and O–H groups in total. The molecule has 0 spiro atoms. The summed E-state index contributed by atoms with van der Waals surface area (Å²) in [7, 11) is 0. The van der Waals surface area contributed by atoms with Gasteiger partial charge in [0.05, 0.1) is 5.69 Å². The van der Waals surface area contributed by atoms with E-state index in [9.17, 15) is 4.39 Å². The summed E-state index contributed by atoms with van der Waals surface area (Å²) in [6, 6.07) is 6.05. The number of aliphatic imine (C=N–C) groups is 1. The second-order valence-corrected chi connectivity index (χ2v) is 5.78. The van der Waals surface area contributed by atoms with Gasteiger partial charge in [-0.1, -0.05) is 13.8 Å². The summed E-state index contributed by atoms with van der Waals surface area (Å²) in [5, 5.41) is 3.06. The quantitative estimate of drug-likeness (QED) is 0.387. The fraction of sp³-hybridized carbons (Fsp3) is 0.412. The fourth-order valence-electron chi connectivity index (χ4n) is 1.96. The molecule has 0 aliphatic rings. The number of halogens is 2. The van der Waals surface area contributed by atoms with E-state index >= 15 is 0 Å². The largest absolute Gasteiger partial charge is 0.444 e. The normalized spacial score (nSPS) is 11.4. The zero-order valence-electron chi connectivity index (χ0n) is 14.0. The number of hydrogen-bond acceptors (Lipinski definition) is 3. The van der Waals surface area contributed by atoms with E-state index in [4.69, 9.17) is 10.2 Å². The molecule has 2 rings (SSSR count). The molecule has 0 fully saturated rings. The van der Waals surface area contributed by atoms with Gasteiger partial charge in [0, 0.05) is 25.1 Å². The Morgan fingerprint density at radius 3 is 2.71 bits per heavy atom. The van der Waals surface area contributed by atoms with Crippen molar-refractivity contribution in [2.75, 3.05) is 13.1 Å². The Morgan fingerprint density at radius 2 is 2.04 bits per heavy atom. The van der Waals surface area contributed by atoms with Gasteiger partial charge in [-0.3, -0.25) is 4.99 Å². The van der Waals surface area contributed by atoms with Crippen molar-refractivity contribution in [3.63, 3.8) is 0 Å². The number of oxazole rings is 1. The molecule has 0 amide bonds. The second kappa shape index (κ2) is 10.3. The number of aromatic nitrogens is 1. The average molecular weight is 446 g/mol. The van der Waals surface area contributed by atoms with Crippen molar-refractivity contribution >= 4 is 29.9 Å². The molecule has 1 aromatic carbocycles. The van der Waals surface area contributed by atoms with Crippen LogP contribution in [0, 0.1) is 11.7 Å². The smallest absolute Gasteiger partial charge is 0.226 e. The van der Waals surface area contributed by atoms with Gasteiger partial charge in [-0.15, -0.1) is 24.0 Å². The van der Waals surface area contributed by atoms with Crippen molar-refractivity contribution in [1.29, 1.82) is 0 Å². The second-order valence-electron chi connectivity index (χ2n) is 5.78. The maximum Gasteiger partial charge on any atom is 0.226 e.